The third kappa shape index (κ3) is 1.57. The highest BCUT2D eigenvalue weighted by atomic mass is 14.9. The van der Waals surface area contributed by atoms with Crippen molar-refractivity contribution in [2.75, 3.05) is 0 Å². The topological polar surface area (TPSA) is 54.7 Å². The second-order valence-corrected chi connectivity index (χ2v) is 2.31. The number of nitrogens with one attached hydrogen (secondary N) is 1. The molecule has 0 saturated heterocycles. The third-order valence-corrected chi connectivity index (χ3v) is 1.39. The van der Waals surface area contributed by atoms with Crippen molar-refractivity contribution < 1.29 is 0 Å². The third-order valence-electron chi connectivity index (χ3n) is 1.39. The maximum Gasteiger partial charge on any atom is 0.120 e. The van der Waals surface area contributed by atoms with Gasteiger partial charge in [0.2, 0.25) is 0 Å². The van der Waals surface area contributed by atoms with Crippen LogP contribution in [-0.4, -0.2) is 9.97 Å². The summed E-state index contributed by atoms with van der Waals surface area (Å²) in [6.45, 7) is 2.65. The summed E-state index contributed by atoms with van der Waals surface area (Å²) in [5, 5.41) is 0. The maximum atomic E-state index is 5.37. The number of hydrogen-bond acceptors (Lipinski definition) is 2. The SMILES string of the molecule is CCCc1cnc(CN)[nH]1. The van der Waals surface area contributed by atoms with Gasteiger partial charge in [-0.1, -0.05) is 13.3 Å². The molecule has 10 heavy (non-hydrogen) atoms. The number of aryl methyl sites for hydroxylation is 1. The van der Waals surface area contributed by atoms with Gasteiger partial charge in [0.25, 0.3) is 0 Å². The van der Waals surface area contributed by atoms with E-state index in [0.29, 0.717) is 6.54 Å². The van der Waals surface area contributed by atoms with E-state index in [1.807, 2.05) is 6.20 Å². The van der Waals surface area contributed by atoms with Crippen LogP contribution in [0, 0.1) is 0 Å². The Bertz CT molecular complexity index is 192. The largest absolute Gasteiger partial charge is 0.345 e. The van der Waals surface area contributed by atoms with Crippen molar-refractivity contribution in [1.29, 1.82) is 0 Å². The van der Waals surface area contributed by atoms with Crippen molar-refractivity contribution in [3.63, 3.8) is 0 Å². The van der Waals surface area contributed by atoms with Crippen LogP contribution in [0.2, 0.25) is 0 Å². The second kappa shape index (κ2) is 3.37. The van der Waals surface area contributed by atoms with Crippen LogP contribution in [0.5, 0.6) is 0 Å². The molecule has 0 saturated carbocycles. The van der Waals surface area contributed by atoms with Crippen molar-refractivity contribution in [3.8, 4) is 0 Å². The number of hydrogen-bond donors (Lipinski definition) is 2. The molecule has 3 nitrogen and oxygen atoms in total. The van der Waals surface area contributed by atoms with E-state index >= 15 is 0 Å². The van der Waals surface area contributed by atoms with Crippen molar-refractivity contribution in [2.24, 2.45) is 5.73 Å². The summed E-state index contributed by atoms with van der Waals surface area (Å²) in [7, 11) is 0. The van der Waals surface area contributed by atoms with Gasteiger partial charge in [-0.15, -0.1) is 0 Å². The Morgan fingerprint density at radius 3 is 3.00 bits per heavy atom. The zero-order chi connectivity index (χ0) is 7.40. The Morgan fingerprint density at radius 1 is 1.70 bits per heavy atom. The lowest BCUT2D eigenvalue weighted by Crippen LogP contribution is -1.98. The van der Waals surface area contributed by atoms with Crippen LogP contribution in [0.4, 0.5) is 0 Å². The normalized spacial score (nSPS) is 10.2. The van der Waals surface area contributed by atoms with E-state index in [1.54, 1.807) is 0 Å². The van der Waals surface area contributed by atoms with E-state index < -0.39 is 0 Å². The summed E-state index contributed by atoms with van der Waals surface area (Å²) >= 11 is 0. The number of imidazole rings is 1. The standard InChI is InChI=1S/C7H13N3/c1-2-3-6-5-9-7(4-8)10-6/h5H,2-4,8H2,1H3,(H,9,10). The monoisotopic (exact) mass is 139 g/mol. The molecule has 3 heteroatoms. The lowest BCUT2D eigenvalue weighted by Gasteiger charge is -1.89. The number of nitrogens with zero attached hydrogens (tertiary/aromatic N) is 1. The lowest BCUT2D eigenvalue weighted by molar-refractivity contribution is 0.873. The van der Waals surface area contributed by atoms with Crippen LogP contribution in [0.1, 0.15) is 24.9 Å². The van der Waals surface area contributed by atoms with Crippen LogP contribution in [0.25, 0.3) is 0 Å². The minimum atomic E-state index is 0.504. The molecule has 1 aromatic rings. The number of aromatic nitrogens is 2. The van der Waals surface area contributed by atoms with Gasteiger partial charge in [0.15, 0.2) is 0 Å². The van der Waals surface area contributed by atoms with Crippen LogP contribution < -0.4 is 5.73 Å². The van der Waals surface area contributed by atoms with E-state index in [0.717, 1.165) is 18.7 Å². The predicted molar refractivity (Wildman–Crippen MR) is 40.5 cm³/mol. The summed E-state index contributed by atoms with van der Waals surface area (Å²) in [4.78, 5) is 7.20. The van der Waals surface area contributed by atoms with Gasteiger partial charge in [-0.3, -0.25) is 0 Å². The quantitative estimate of drug-likeness (QED) is 0.651. The molecular weight excluding hydrogens is 126 g/mol. The Labute approximate surface area is 60.7 Å². The second-order valence-electron chi connectivity index (χ2n) is 2.31. The van der Waals surface area contributed by atoms with Gasteiger partial charge in [0.05, 0.1) is 6.54 Å². The molecule has 0 fully saturated rings. The first kappa shape index (κ1) is 7.28. The summed E-state index contributed by atoms with van der Waals surface area (Å²) < 4.78 is 0. The highest BCUT2D eigenvalue weighted by Crippen LogP contribution is 1.98. The fraction of sp³-hybridized carbons (Fsp3) is 0.571. The van der Waals surface area contributed by atoms with Gasteiger partial charge < -0.3 is 10.7 Å². The molecule has 0 amide bonds. The highest BCUT2D eigenvalue weighted by molar-refractivity contribution is 5.00. The molecule has 56 valence electrons. The fourth-order valence-electron chi connectivity index (χ4n) is 0.906. The van der Waals surface area contributed by atoms with Gasteiger partial charge in [0, 0.05) is 11.9 Å². The van der Waals surface area contributed by atoms with Crippen LogP contribution in [0.3, 0.4) is 0 Å². The van der Waals surface area contributed by atoms with E-state index in [2.05, 4.69) is 16.9 Å². The molecule has 0 unspecified atom stereocenters. The molecule has 0 atom stereocenters. The van der Waals surface area contributed by atoms with Gasteiger partial charge in [-0.05, 0) is 6.42 Å². The molecule has 0 radical (unpaired) electrons. The molecule has 0 spiro atoms. The van der Waals surface area contributed by atoms with Crippen molar-refractivity contribution in [2.45, 2.75) is 26.3 Å². The number of aromatic amines is 1. The van der Waals surface area contributed by atoms with Crippen molar-refractivity contribution >= 4 is 0 Å². The van der Waals surface area contributed by atoms with Crippen LogP contribution >= 0.6 is 0 Å². The van der Waals surface area contributed by atoms with Crippen molar-refractivity contribution in [1.82, 2.24) is 9.97 Å². The molecule has 1 heterocycles. The van der Waals surface area contributed by atoms with Gasteiger partial charge in [-0.25, -0.2) is 4.98 Å². The summed E-state index contributed by atoms with van der Waals surface area (Å²) in [6, 6.07) is 0. The molecule has 1 rings (SSSR count). The van der Waals surface area contributed by atoms with E-state index in [-0.39, 0.29) is 0 Å². The van der Waals surface area contributed by atoms with Crippen LogP contribution in [0.15, 0.2) is 6.20 Å². The smallest absolute Gasteiger partial charge is 0.120 e. The minimum absolute atomic E-state index is 0.504. The predicted octanol–water partition coefficient (Wildman–Crippen LogP) is 0.821. The van der Waals surface area contributed by atoms with Crippen LogP contribution in [-0.2, 0) is 13.0 Å². The van der Waals surface area contributed by atoms with E-state index in [1.165, 1.54) is 5.69 Å². The van der Waals surface area contributed by atoms with E-state index in [4.69, 9.17) is 5.73 Å². The first-order valence-electron chi connectivity index (χ1n) is 3.59. The van der Waals surface area contributed by atoms with Gasteiger partial charge in [-0.2, -0.15) is 0 Å². The highest BCUT2D eigenvalue weighted by Gasteiger charge is 1.95. The Hall–Kier alpha value is -0.830. The number of nitrogens with two attached hydrogens (primary N) is 1. The zero-order valence-corrected chi connectivity index (χ0v) is 6.22. The molecule has 0 aliphatic heterocycles. The Balaban J connectivity index is 2.59. The zero-order valence-electron chi connectivity index (χ0n) is 6.22. The molecular formula is C7H13N3. The summed E-state index contributed by atoms with van der Waals surface area (Å²) in [6.07, 6.45) is 4.06. The first-order chi connectivity index (χ1) is 4.86. The number of rotatable bonds is 3. The average Bonchev–Trinajstić information content (AvgIpc) is 2.37. The minimum Gasteiger partial charge on any atom is -0.345 e. The first-order valence-corrected chi connectivity index (χ1v) is 3.59. The molecule has 0 aliphatic rings. The van der Waals surface area contributed by atoms with Gasteiger partial charge >= 0.3 is 0 Å². The molecule has 1 aromatic heterocycles. The lowest BCUT2D eigenvalue weighted by atomic mass is 10.3. The van der Waals surface area contributed by atoms with E-state index in [9.17, 15) is 0 Å². The number of H-pyrrole nitrogens is 1. The molecule has 0 aromatic carbocycles. The summed E-state index contributed by atoms with van der Waals surface area (Å²) in [5.74, 6) is 0.878. The maximum absolute atomic E-state index is 5.37. The Morgan fingerprint density at radius 2 is 2.50 bits per heavy atom. The summed E-state index contributed by atoms with van der Waals surface area (Å²) in [5.41, 5.74) is 6.55. The van der Waals surface area contributed by atoms with Gasteiger partial charge in [0.1, 0.15) is 5.82 Å². The Kier molecular flexibility index (Phi) is 2.45. The fourth-order valence-corrected chi connectivity index (χ4v) is 0.906. The molecule has 3 N–H and O–H groups in total. The average molecular weight is 139 g/mol. The molecule has 0 bridgehead atoms. The van der Waals surface area contributed by atoms with Crippen molar-refractivity contribution in [3.05, 3.63) is 17.7 Å². The molecule has 0 aliphatic carbocycles.